The molecule has 1 saturated heterocycles. The van der Waals surface area contributed by atoms with Crippen LogP contribution in [-0.4, -0.2) is 55.1 Å². The van der Waals surface area contributed by atoms with Crippen molar-refractivity contribution in [3.05, 3.63) is 40.9 Å². The maximum absolute atomic E-state index is 12.6. The quantitative estimate of drug-likeness (QED) is 0.731. The summed E-state index contributed by atoms with van der Waals surface area (Å²) in [5, 5.41) is 11.8. The lowest BCUT2D eigenvalue weighted by atomic mass is 10.2. The number of ether oxygens (including phenoxy) is 1. The van der Waals surface area contributed by atoms with Crippen LogP contribution in [0.1, 0.15) is 17.5 Å². The molecule has 0 bridgehead atoms. The molecule has 1 aliphatic rings. The number of hydrogen-bond donors (Lipinski definition) is 1. The lowest BCUT2D eigenvalue weighted by Crippen LogP contribution is -2.40. The SMILES string of the molecule is CCc1nnc(NC(=O)/C=C/c2ccc(S(=O)(=O)N3CCOCC3)cc2)s1. The lowest BCUT2D eigenvalue weighted by Gasteiger charge is -2.26. The highest BCUT2D eigenvalue weighted by Gasteiger charge is 2.25. The molecule has 2 aromatic rings. The van der Waals surface area contributed by atoms with E-state index in [-0.39, 0.29) is 10.8 Å². The van der Waals surface area contributed by atoms with Crippen molar-refractivity contribution in [3.63, 3.8) is 0 Å². The van der Waals surface area contributed by atoms with Gasteiger partial charge in [0, 0.05) is 19.2 Å². The molecule has 2 heterocycles. The molecule has 0 atom stereocenters. The first kappa shape index (κ1) is 19.6. The van der Waals surface area contributed by atoms with Crippen molar-refractivity contribution in [2.45, 2.75) is 18.2 Å². The third-order valence-electron chi connectivity index (χ3n) is 3.91. The molecule has 1 aliphatic heterocycles. The molecule has 0 saturated carbocycles. The molecule has 1 fully saturated rings. The minimum Gasteiger partial charge on any atom is -0.379 e. The highest BCUT2D eigenvalue weighted by Crippen LogP contribution is 2.18. The Morgan fingerprint density at radius 2 is 1.96 bits per heavy atom. The molecular weight excluding hydrogens is 388 g/mol. The average Bonchev–Trinajstić information content (AvgIpc) is 3.15. The average molecular weight is 409 g/mol. The fraction of sp³-hybridized carbons (Fsp3) is 0.353. The largest absolute Gasteiger partial charge is 0.379 e. The number of sulfonamides is 1. The summed E-state index contributed by atoms with van der Waals surface area (Å²) in [5.41, 5.74) is 0.720. The Hall–Kier alpha value is -2.14. The molecule has 144 valence electrons. The Labute approximate surface area is 161 Å². The number of benzene rings is 1. The van der Waals surface area contributed by atoms with Crippen molar-refractivity contribution in [3.8, 4) is 0 Å². The van der Waals surface area contributed by atoms with Gasteiger partial charge in [-0.2, -0.15) is 4.31 Å². The summed E-state index contributed by atoms with van der Waals surface area (Å²) in [5.74, 6) is -0.321. The molecule has 1 amide bonds. The smallest absolute Gasteiger partial charge is 0.250 e. The van der Waals surface area contributed by atoms with Gasteiger partial charge in [-0.3, -0.25) is 10.1 Å². The van der Waals surface area contributed by atoms with Crippen molar-refractivity contribution >= 4 is 38.5 Å². The van der Waals surface area contributed by atoms with Gasteiger partial charge in [-0.05, 0) is 30.2 Å². The van der Waals surface area contributed by atoms with E-state index < -0.39 is 10.0 Å². The maximum Gasteiger partial charge on any atom is 0.250 e. The van der Waals surface area contributed by atoms with Gasteiger partial charge in [0.15, 0.2) is 0 Å². The number of nitrogens with zero attached hydrogens (tertiary/aromatic N) is 3. The van der Waals surface area contributed by atoms with E-state index in [9.17, 15) is 13.2 Å². The van der Waals surface area contributed by atoms with Crippen LogP contribution in [0.2, 0.25) is 0 Å². The fourth-order valence-corrected chi connectivity index (χ4v) is 4.54. The third-order valence-corrected chi connectivity index (χ3v) is 6.81. The van der Waals surface area contributed by atoms with Crippen LogP contribution in [0, 0.1) is 0 Å². The number of nitrogens with one attached hydrogen (secondary N) is 1. The number of morpholine rings is 1. The molecule has 3 rings (SSSR count). The highest BCUT2D eigenvalue weighted by atomic mass is 32.2. The highest BCUT2D eigenvalue weighted by molar-refractivity contribution is 7.89. The Morgan fingerprint density at radius 3 is 2.59 bits per heavy atom. The second-order valence-corrected chi connectivity index (χ2v) is 8.76. The van der Waals surface area contributed by atoms with Crippen LogP contribution in [0.25, 0.3) is 6.08 Å². The Morgan fingerprint density at radius 1 is 1.26 bits per heavy atom. The van der Waals surface area contributed by atoms with Crippen molar-refractivity contribution in [2.75, 3.05) is 31.6 Å². The van der Waals surface area contributed by atoms with Crippen LogP contribution in [0.15, 0.2) is 35.2 Å². The molecular formula is C17H20N4O4S2. The van der Waals surface area contributed by atoms with E-state index >= 15 is 0 Å². The van der Waals surface area contributed by atoms with Crippen molar-refractivity contribution < 1.29 is 17.9 Å². The molecule has 0 unspecified atom stereocenters. The number of aromatic nitrogens is 2. The van der Waals surface area contributed by atoms with Crippen molar-refractivity contribution in [2.24, 2.45) is 0 Å². The number of carbonyl (C=O) groups is 1. The number of amides is 1. The summed E-state index contributed by atoms with van der Waals surface area (Å²) in [6.45, 7) is 3.49. The molecule has 8 nitrogen and oxygen atoms in total. The monoisotopic (exact) mass is 408 g/mol. The van der Waals surface area contributed by atoms with Crippen LogP contribution in [0.5, 0.6) is 0 Å². The van der Waals surface area contributed by atoms with E-state index in [1.807, 2.05) is 6.92 Å². The number of hydrogen-bond acceptors (Lipinski definition) is 7. The zero-order chi connectivity index (χ0) is 19.3. The van der Waals surface area contributed by atoms with E-state index in [2.05, 4.69) is 15.5 Å². The zero-order valence-corrected chi connectivity index (χ0v) is 16.4. The Bertz CT molecular complexity index is 917. The van der Waals surface area contributed by atoms with Crippen LogP contribution in [0.3, 0.4) is 0 Å². The molecule has 0 radical (unpaired) electrons. The molecule has 27 heavy (non-hydrogen) atoms. The maximum atomic E-state index is 12.6. The van der Waals surface area contributed by atoms with Crippen LogP contribution < -0.4 is 5.32 Å². The van der Waals surface area contributed by atoms with Crippen molar-refractivity contribution in [1.29, 1.82) is 0 Å². The number of aryl methyl sites for hydroxylation is 1. The third kappa shape index (κ3) is 4.98. The van der Waals surface area contributed by atoms with Crippen molar-refractivity contribution in [1.82, 2.24) is 14.5 Å². The number of carbonyl (C=O) groups excluding carboxylic acids is 1. The van der Waals surface area contributed by atoms with E-state index in [4.69, 9.17) is 4.74 Å². The van der Waals surface area contributed by atoms with E-state index in [0.29, 0.717) is 31.4 Å². The predicted octanol–water partition coefficient (Wildman–Crippen LogP) is 1.77. The molecule has 0 spiro atoms. The first-order valence-corrected chi connectivity index (χ1v) is 10.7. The second kappa shape index (κ2) is 8.70. The summed E-state index contributed by atoms with van der Waals surface area (Å²) in [7, 11) is -3.51. The topological polar surface area (TPSA) is 101 Å². The summed E-state index contributed by atoms with van der Waals surface area (Å²) < 4.78 is 31.8. The molecule has 1 aromatic heterocycles. The van der Waals surface area contributed by atoms with Gasteiger partial charge in [-0.25, -0.2) is 8.42 Å². The fourth-order valence-electron chi connectivity index (χ4n) is 2.45. The van der Waals surface area contributed by atoms with Gasteiger partial charge in [0.2, 0.25) is 21.1 Å². The van der Waals surface area contributed by atoms with E-state index in [0.717, 1.165) is 17.0 Å². The van der Waals surface area contributed by atoms with E-state index in [1.165, 1.54) is 21.7 Å². The number of rotatable bonds is 6. The van der Waals surface area contributed by atoms with Crippen LogP contribution in [0.4, 0.5) is 5.13 Å². The van der Waals surface area contributed by atoms with Gasteiger partial charge in [-0.1, -0.05) is 30.4 Å². The predicted molar refractivity (Wildman–Crippen MR) is 103 cm³/mol. The van der Waals surface area contributed by atoms with Gasteiger partial charge < -0.3 is 4.74 Å². The normalized spacial score (nSPS) is 15.9. The van der Waals surface area contributed by atoms with Gasteiger partial charge in [0.1, 0.15) is 5.01 Å². The second-order valence-electron chi connectivity index (χ2n) is 5.76. The van der Waals surface area contributed by atoms with Crippen LogP contribution >= 0.6 is 11.3 Å². The summed E-state index contributed by atoms with van der Waals surface area (Å²) in [4.78, 5) is 12.2. The summed E-state index contributed by atoms with van der Waals surface area (Å²) >= 11 is 1.33. The number of anilines is 1. The summed E-state index contributed by atoms with van der Waals surface area (Å²) in [6, 6.07) is 6.41. The molecule has 10 heteroatoms. The first-order valence-electron chi connectivity index (χ1n) is 8.48. The standard InChI is InChI=1S/C17H20N4O4S2/c1-2-16-19-20-17(26-16)18-15(22)8-5-13-3-6-14(7-4-13)27(23,24)21-9-11-25-12-10-21/h3-8H,2,9-12H2,1H3,(H,18,20,22)/b8-5+. The molecule has 0 aliphatic carbocycles. The zero-order valence-electron chi connectivity index (χ0n) is 14.8. The minimum atomic E-state index is -3.51. The molecule has 1 N–H and O–H groups in total. The first-order chi connectivity index (χ1) is 13.0. The minimum absolute atomic E-state index is 0.229. The Balaban J connectivity index is 1.62. The summed E-state index contributed by atoms with van der Waals surface area (Å²) in [6.07, 6.45) is 3.75. The Kier molecular flexibility index (Phi) is 6.32. The van der Waals surface area contributed by atoms with E-state index in [1.54, 1.807) is 30.3 Å². The van der Waals surface area contributed by atoms with Gasteiger partial charge >= 0.3 is 0 Å². The van der Waals surface area contributed by atoms with Gasteiger partial charge in [-0.15, -0.1) is 10.2 Å². The van der Waals surface area contributed by atoms with Gasteiger partial charge in [0.25, 0.3) is 0 Å². The van der Waals surface area contributed by atoms with Gasteiger partial charge in [0.05, 0.1) is 18.1 Å². The van der Waals surface area contributed by atoms with Crippen LogP contribution in [-0.2, 0) is 26.0 Å². The lowest BCUT2D eigenvalue weighted by molar-refractivity contribution is -0.111. The molecule has 1 aromatic carbocycles.